The van der Waals surface area contributed by atoms with E-state index in [9.17, 15) is 19.4 Å². The maximum absolute atomic E-state index is 13.0. The minimum atomic E-state index is -4.61. The number of allylic oxidation sites excluding steroid dienone is 5. The van der Waals surface area contributed by atoms with Crippen molar-refractivity contribution in [1.82, 2.24) is 5.32 Å². The number of nitrogens with one attached hydrogen (secondary N) is 1. The molecule has 0 spiro atoms. The highest BCUT2D eigenvalue weighted by Crippen LogP contribution is 2.38. The topological polar surface area (TPSA) is 108 Å². The summed E-state index contributed by atoms with van der Waals surface area (Å²) in [7, 11) is 1.26. The van der Waals surface area contributed by atoms with Gasteiger partial charge in [0.25, 0.3) is 7.82 Å². The number of quaternary nitrogens is 1. The van der Waals surface area contributed by atoms with Gasteiger partial charge >= 0.3 is 0 Å². The van der Waals surface area contributed by atoms with Crippen molar-refractivity contribution in [3.63, 3.8) is 0 Å². The Labute approximate surface area is 480 Å². The third-order valence-corrected chi connectivity index (χ3v) is 16.5. The normalized spacial score (nSPS) is 13.9. The van der Waals surface area contributed by atoms with Crippen LogP contribution in [0, 0.1) is 0 Å². The van der Waals surface area contributed by atoms with Gasteiger partial charge in [-0.1, -0.05) is 314 Å². The number of hydrogen-bond donors (Lipinski definition) is 2. The fourth-order valence-electron chi connectivity index (χ4n) is 10.3. The van der Waals surface area contributed by atoms with Crippen molar-refractivity contribution < 1.29 is 32.9 Å². The van der Waals surface area contributed by atoms with Crippen molar-refractivity contribution in [1.29, 1.82) is 0 Å². The first kappa shape index (κ1) is 75.7. The van der Waals surface area contributed by atoms with Gasteiger partial charge in [-0.2, -0.15) is 0 Å². The number of amides is 1. The van der Waals surface area contributed by atoms with Gasteiger partial charge in [0, 0.05) is 6.42 Å². The molecule has 0 aliphatic rings. The SMILES string of the molecule is CCCCCCCCCC/C=C\CCCCCCCCCCCCCCCCCCCCCC(=O)NC(COP(=O)([O-])OCC[N+](C)(C)C)C(O)/C=C/CC/C=C/CCCCCCCCCCCCCCCCCCCC. The maximum atomic E-state index is 13.0. The Bertz CT molecular complexity index is 1350. The van der Waals surface area contributed by atoms with Gasteiger partial charge in [0.2, 0.25) is 5.91 Å². The van der Waals surface area contributed by atoms with Gasteiger partial charge in [-0.15, -0.1) is 0 Å². The summed E-state index contributed by atoms with van der Waals surface area (Å²) < 4.78 is 23.4. The van der Waals surface area contributed by atoms with Crippen LogP contribution in [0.5, 0.6) is 0 Å². The highest BCUT2D eigenvalue weighted by molar-refractivity contribution is 7.45. The van der Waals surface area contributed by atoms with Crippen LogP contribution in [-0.2, 0) is 18.4 Å². The van der Waals surface area contributed by atoms with Crippen molar-refractivity contribution in [2.24, 2.45) is 0 Å². The van der Waals surface area contributed by atoms with Gasteiger partial charge in [-0.3, -0.25) is 9.36 Å². The van der Waals surface area contributed by atoms with E-state index >= 15 is 0 Å². The molecule has 0 aromatic carbocycles. The second kappa shape index (κ2) is 59.3. The first-order valence-electron chi connectivity index (χ1n) is 33.9. The molecule has 3 atom stereocenters. The molecule has 0 aliphatic heterocycles. The maximum Gasteiger partial charge on any atom is 0.268 e. The predicted octanol–water partition coefficient (Wildman–Crippen LogP) is 20.6. The number of hydrogen-bond acceptors (Lipinski definition) is 6. The Morgan fingerprint density at radius 1 is 0.442 bits per heavy atom. The molecule has 3 unspecified atom stereocenters. The van der Waals surface area contributed by atoms with Crippen LogP contribution in [0.3, 0.4) is 0 Å². The predicted molar refractivity (Wildman–Crippen MR) is 335 cm³/mol. The number of aliphatic hydroxyl groups excluding tert-OH is 1. The van der Waals surface area contributed by atoms with Crippen LogP contribution in [0.15, 0.2) is 36.5 Å². The van der Waals surface area contributed by atoms with Crippen LogP contribution in [0.1, 0.15) is 341 Å². The highest BCUT2D eigenvalue weighted by Gasteiger charge is 2.23. The van der Waals surface area contributed by atoms with Crippen LogP contribution < -0.4 is 10.2 Å². The average Bonchev–Trinajstić information content (AvgIpc) is 3.39. The third kappa shape index (κ3) is 62.2. The number of rotatable bonds is 63. The van der Waals surface area contributed by atoms with E-state index in [0.717, 1.165) is 38.5 Å². The van der Waals surface area contributed by atoms with Crippen LogP contribution in [0.2, 0.25) is 0 Å². The number of phosphoric ester groups is 1. The van der Waals surface area contributed by atoms with Crippen LogP contribution in [0.4, 0.5) is 0 Å². The number of carbonyl (C=O) groups is 1. The second-order valence-electron chi connectivity index (χ2n) is 24.5. The minimum Gasteiger partial charge on any atom is -0.756 e. The zero-order chi connectivity index (χ0) is 56.3. The molecular formula is C68H133N2O6P. The number of aliphatic hydroxyl groups is 1. The number of carbonyl (C=O) groups excluding carboxylic acids is 1. The lowest BCUT2D eigenvalue weighted by atomic mass is 10.0. The summed E-state index contributed by atoms with van der Waals surface area (Å²) in [6.07, 6.45) is 78.4. The molecule has 0 rings (SSSR count). The van der Waals surface area contributed by atoms with Crippen LogP contribution in [0.25, 0.3) is 0 Å². The zero-order valence-electron chi connectivity index (χ0n) is 52.2. The molecule has 1 amide bonds. The Hall–Kier alpha value is -1.28. The van der Waals surface area contributed by atoms with Crippen LogP contribution >= 0.6 is 7.82 Å². The van der Waals surface area contributed by atoms with E-state index in [1.165, 1.54) is 283 Å². The lowest BCUT2D eigenvalue weighted by Gasteiger charge is -2.29. The summed E-state index contributed by atoms with van der Waals surface area (Å²) in [4.78, 5) is 25.6. The summed E-state index contributed by atoms with van der Waals surface area (Å²) >= 11 is 0. The molecule has 0 heterocycles. The molecule has 0 aliphatic carbocycles. The Morgan fingerprint density at radius 2 is 0.727 bits per heavy atom. The van der Waals surface area contributed by atoms with E-state index in [2.05, 4.69) is 43.5 Å². The molecule has 0 fully saturated rings. The molecule has 0 saturated heterocycles. The molecule has 9 heteroatoms. The van der Waals surface area contributed by atoms with Gasteiger partial charge in [0.1, 0.15) is 13.2 Å². The number of nitrogens with zero attached hydrogens (tertiary/aromatic N) is 1. The number of phosphoric acid groups is 1. The van der Waals surface area contributed by atoms with E-state index < -0.39 is 20.0 Å². The average molecular weight is 1110 g/mol. The van der Waals surface area contributed by atoms with Crippen molar-refractivity contribution in [2.75, 3.05) is 40.9 Å². The summed E-state index contributed by atoms with van der Waals surface area (Å²) in [5, 5.41) is 13.9. The first-order chi connectivity index (χ1) is 37.5. The molecular weight excluding hydrogens is 972 g/mol. The van der Waals surface area contributed by atoms with E-state index in [0.29, 0.717) is 17.4 Å². The summed E-state index contributed by atoms with van der Waals surface area (Å²) in [5.41, 5.74) is 0. The molecule has 0 bridgehead atoms. The molecule has 0 aromatic heterocycles. The van der Waals surface area contributed by atoms with Crippen molar-refractivity contribution in [3.8, 4) is 0 Å². The summed E-state index contributed by atoms with van der Waals surface area (Å²) in [6.45, 7) is 4.68. The van der Waals surface area contributed by atoms with Crippen molar-refractivity contribution in [3.05, 3.63) is 36.5 Å². The molecule has 0 radical (unpaired) electrons. The van der Waals surface area contributed by atoms with Gasteiger partial charge in [0.15, 0.2) is 0 Å². The zero-order valence-corrected chi connectivity index (χ0v) is 53.1. The molecule has 0 aromatic rings. The Balaban J connectivity index is 4.08. The smallest absolute Gasteiger partial charge is 0.268 e. The summed E-state index contributed by atoms with van der Waals surface area (Å²) in [6, 6.07) is -0.903. The first-order valence-corrected chi connectivity index (χ1v) is 35.3. The fraction of sp³-hybridized carbons (Fsp3) is 0.897. The van der Waals surface area contributed by atoms with E-state index in [1.807, 2.05) is 27.2 Å². The molecule has 77 heavy (non-hydrogen) atoms. The molecule has 2 N–H and O–H groups in total. The van der Waals surface area contributed by atoms with E-state index in [-0.39, 0.29) is 19.1 Å². The lowest BCUT2D eigenvalue weighted by molar-refractivity contribution is -0.870. The largest absolute Gasteiger partial charge is 0.756 e. The van der Waals surface area contributed by atoms with E-state index in [1.54, 1.807) is 6.08 Å². The Kier molecular flexibility index (Phi) is 58.4. The second-order valence-corrected chi connectivity index (χ2v) is 25.9. The number of likely N-dealkylation sites (N-methyl/N-ethyl adjacent to an activating group) is 1. The highest BCUT2D eigenvalue weighted by atomic mass is 31.2. The van der Waals surface area contributed by atoms with Gasteiger partial charge in [0.05, 0.1) is 39.9 Å². The standard InChI is InChI=1S/C68H133N2O6P/c1-6-8-10-12-14-16-18-20-22-24-26-28-30-32-33-34-35-36-37-38-40-42-44-46-48-50-52-54-56-58-60-62-68(72)69-66(65-76-77(73,74)75-64-63-70(3,4)5)67(71)61-59-57-55-53-51-49-47-45-43-41-39-31-29-27-25-23-21-19-17-15-13-11-9-7-2/h24,26,51,53,59,61,66-67,71H,6-23,25,27-50,52,54-58,60,62-65H2,1-5H3,(H-,69,72,73,74)/b26-24-,53-51+,61-59+. The lowest BCUT2D eigenvalue weighted by Crippen LogP contribution is -2.45. The quantitative estimate of drug-likeness (QED) is 0.0272. The van der Waals surface area contributed by atoms with Crippen molar-refractivity contribution in [2.45, 2.75) is 353 Å². The van der Waals surface area contributed by atoms with E-state index in [4.69, 9.17) is 9.05 Å². The fourth-order valence-corrected chi connectivity index (χ4v) is 11.0. The summed E-state index contributed by atoms with van der Waals surface area (Å²) in [5.74, 6) is -0.200. The Morgan fingerprint density at radius 3 is 1.05 bits per heavy atom. The van der Waals surface area contributed by atoms with Gasteiger partial charge in [-0.05, 0) is 57.8 Å². The number of unbranched alkanes of at least 4 members (excludes halogenated alkanes) is 46. The third-order valence-electron chi connectivity index (χ3n) is 15.6. The molecule has 0 saturated carbocycles. The molecule has 8 nitrogen and oxygen atoms in total. The minimum absolute atomic E-state index is 0.00453. The van der Waals surface area contributed by atoms with Gasteiger partial charge in [-0.25, -0.2) is 0 Å². The van der Waals surface area contributed by atoms with Crippen molar-refractivity contribution >= 4 is 13.7 Å². The van der Waals surface area contributed by atoms with Gasteiger partial charge < -0.3 is 28.8 Å². The molecule has 456 valence electrons. The van der Waals surface area contributed by atoms with Crippen LogP contribution in [-0.4, -0.2) is 68.5 Å². The monoisotopic (exact) mass is 1100 g/mol.